The molecule has 1 atom stereocenters. The van der Waals surface area contributed by atoms with E-state index >= 15 is 0 Å². The van der Waals surface area contributed by atoms with Crippen LogP contribution in [0.3, 0.4) is 0 Å². The van der Waals surface area contributed by atoms with Crippen molar-refractivity contribution < 1.29 is 4.39 Å². The Morgan fingerprint density at radius 1 is 0.931 bits per heavy atom. The molecule has 1 heterocycles. The van der Waals surface area contributed by atoms with Gasteiger partial charge in [0.2, 0.25) is 0 Å². The van der Waals surface area contributed by atoms with Crippen molar-refractivity contribution in [1.29, 1.82) is 0 Å². The molecule has 3 rings (SSSR count). The molecule has 2 N–H and O–H groups in total. The lowest BCUT2D eigenvalue weighted by atomic mass is 10.0. The van der Waals surface area contributed by atoms with Gasteiger partial charge in [-0.25, -0.2) is 9.18 Å². The Labute approximate surface area is 169 Å². The second-order valence-electron chi connectivity index (χ2n) is 7.66. The van der Waals surface area contributed by atoms with Crippen molar-refractivity contribution in [1.82, 2.24) is 9.13 Å². The molecule has 29 heavy (non-hydrogen) atoms. The third kappa shape index (κ3) is 4.22. The Morgan fingerprint density at radius 3 is 2.17 bits per heavy atom. The summed E-state index contributed by atoms with van der Waals surface area (Å²) in [6.07, 6.45) is 0. The first-order valence-electron chi connectivity index (χ1n) is 9.71. The molecule has 5 nitrogen and oxygen atoms in total. The molecule has 0 saturated heterocycles. The molecule has 0 aliphatic carbocycles. The van der Waals surface area contributed by atoms with Gasteiger partial charge in [-0.15, -0.1) is 0 Å². The third-order valence-corrected chi connectivity index (χ3v) is 4.99. The molecular formula is C23H26FN3O2. The summed E-state index contributed by atoms with van der Waals surface area (Å²) in [6, 6.07) is 14.9. The van der Waals surface area contributed by atoms with Gasteiger partial charge in [-0.05, 0) is 24.5 Å². The minimum absolute atomic E-state index is 0.0154. The summed E-state index contributed by atoms with van der Waals surface area (Å²) in [5.41, 5.74) is 7.01. The molecule has 0 saturated carbocycles. The van der Waals surface area contributed by atoms with Crippen molar-refractivity contribution in [2.24, 2.45) is 11.7 Å². The van der Waals surface area contributed by atoms with Crippen molar-refractivity contribution in [3.63, 3.8) is 0 Å². The molecule has 0 spiro atoms. The largest absolute Gasteiger partial charge is 0.331 e. The minimum atomic E-state index is -0.537. The van der Waals surface area contributed by atoms with Crippen molar-refractivity contribution in [3.05, 3.63) is 92.5 Å². The molecule has 152 valence electrons. The van der Waals surface area contributed by atoms with Crippen LogP contribution in [-0.4, -0.2) is 9.13 Å². The zero-order valence-electron chi connectivity index (χ0n) is 16.9. The van der Waals surface area contributed by atoms with Crippen molar-refractivity contribution >= 4 is 0 Å². The van der Waals surface area contributed by atoms with Crippen molar-refractivity contribution in [2.45, 2.75) is 39.9 Å². The van der Waals surface area contributed by atoms with E-state index in [2.05, 4.69) is 0 Å². The fourth-order valence-electron chi connectivity index (χ4n) is 3.52. The van der Waals surface area contributed by atoms with Crippen LogP contribution in [-0.2, 0) is 13.1 Å². The van der Waals surface area contributed by atoms with E-state index in [4.69, 9.17) is 5.73 Å². The number of benzene rings is 2. The number of hydrogen-bond donors (Lipinski definition) is 1. The first kappa shape index (κ1) is 20.7. The van der Waals surface area contributed by atoms with Crippen molar-refractivity contribution in [3.8, 4) is 11.1 Å². The first-order chi connectivity index (χ1) is 13.8. The average Bonchev–Trinajstić information content (AvgIpc) is 2.70. The first-order valence-corrected chi connectivity index (χ1v) is 9.71. The molecule has 0 aliphatic rings. The minimum Gasteiger partial charge on any atom is -0.322 e. The fourth-order valence-corrected chi connectivity index (χ4v) is 3.52. The monoisotopic (exact) mass is 395 g/mol. The molecule has 6 heteroatoms. The highest BCUT2D eigenvalue weighted by Gasteiger charge is 2.21. The summed E-state index contributed by atoms with van der Waals surface area (Å²) < 4.78 is 17.2. The number of hydrogen-bond acceptors (Lipinski definition) is 3. The van der Waals surface area contributed by atoms with E-state index in [1.54, 1.807) is 29.7 Å². The highest BCUT2D eigenvalue weighted by atomic mass is 19.1. The van der Waals surface area contributed by atoms with Crippen LogP contribution in [0.1, 0.15) is 31.1 Å². The van der Waals surface area contributed by atoms with E-state index in [0.717, 1.165) is 10.1 Å². The topological polar surface area (TPSA) is 70.0 Å². The third-order valence-electron chi connectivity index (χ3n) is 4.99. The quantitative estimate of drug-likeness (QED) is 0.695. The summed E-state index contributed by atoms with van der Waals surface area (Å²) in [4.78, 5) is 26.5. The zero-order valence-corrected chi connectivity index (χ0v) is 16.9. The molecule has 0 radical (unpaired) electrons. The number of aromatic nitrogens is 2. The summed E-state index contributed by atoms with van der Waals surface area (Å²) in [7, 11) is 0. The lowest BCUT2D eigenvalue weighted by Gasteiger charge is -2.21. The van der Waals surface area contributed by atoms with Crippen LogP contribution in [0.5, 0.6) is 0 Å². The molecule has 0 fully saturated rings. The molecule has 2 aromatic carbocycles. The van der Waals surface area contributed by atoms with Gasteiger partial charge >= 0.3 is 5.69 Å². The van der Waals surface area contributed by atoms with Crippen molar-refractivity contribution in [2.75, 3.05) is 0 Å². The van der Waals surface area contributed by atoms with Crippen LogP contribution >= 0.6 is 0 Å². The Bertz CT molecular complexity index is 1120. The SMILES string of the molecule is Cc1c(-c2ccccc2F)c(=O)n(C[C@H](N)c2ccccc2)c(=O)n1CC(C)C. The van der Waals surface area contributed by atoms with Gasteiger partial charge in [-0.1, -0.05) is 62.4 Å². The lowest BCUT2D eigenvalue weighted by Crippen LogP contribution is -2.44. The Morgan fingerprint density at radius 2 is 1.55 bits per heavy atom. The van der Waals surface area contributed by atoms with E-state index in [9.17, 15) is 14.0 Å². The maximum atomic E-state index is 14.5. The predicted molar refractivity (Wildman–Crippen MR) is 113 cm³/mol. The van der Waals surface area contributed by atoms with E-state index in [0.29, 0.717) is 12.2 Å². The van der Waals surface area contributed by atoms with Crippen LogP contribution < -0.4 is 17.0 Å². The predicted octanol–water partition coefficient (Wildman–Crippen LogP) is 3.48. The smallest absolute Gasteiger partial charge is 0.322 e. The standard InChI is InChI=1S/C23H26FN3O2/c1-15(2)13-26-16(3)21(18-11-7-8-12-19(18)24)22(28)27(23(26)29)14-20(25)17-9-5-4-6-10-17/h4-12,15,20H,13-14,25H2,1-3H3/t20-/m0/s1. The normalized spacial score (nSPS) is 12.3. The Hall–Kier alpha value is -2.99. The summed E-state index contributed by atoms with van der Waals surface area (Å²) in [5.74, 6) is -0.324. The van der Waals surface area contributed by atoms with E-state index in [1.807, 2.05) is 44.2 Å². The van der Waals surface area contributed by atoms with Gasteiger partial charge in [0.05, 0.1) is 12.1 Å². The summed E-state index contributed by atoms with van der Waals surface area (Å²) in [5, 5.41) is 0. The maximum Gasteiger partial charge on any atom is 0.331 e. The summed E-state index contributed by atoms with van der Waals surface area (Å²) >= 11 is 0. The number of halogens is 1. The number of nitrogens with two attached hydrogens (primary N) is 1. The Kier molecular flexibility index (Phi) is 6.13. The zero-order chi connectivity index (χ0) is 21.1. The lowest BCUT2D eigenvalue weighted by molar-refractivity contribution is 0.451. The molecule has 0 bridgehead atoms. The molecule has 0 amide bonds. The second-order valence-corrected chi connectivity index (χ2v) is 7.66. The van der Waals surface area contributed by atoms with E-state index in [1.165, 1.54) is 6.07 Å². The van der Waals surface area contributed by atoms with Gasteiger partial charge in [0.25, 0.3) is 5.56 Å². The Balaban J connectivity index is 2.23. The van der Waals surface area contributed by atoms with Gasteiger partial charge < -0.3 is 5.73 Å². The number of rotatable bonds is 6. The van der Waals surface area contributed by atoms with Crippen LogP contribution in [0, 0.1) is 18.7 Å². The molecule has 0 aliphatic heterocycles. The van der Waals surface area contributed by atoms with Gasteiger partial charge in [0.15, 0.2) is 0 Å². The van der Waals surface area contributed by atoms with Gasteiger partial charge in [-0.3, -0.25) is 13.9 Å². The van der Waals surface area contributed by atoms with Crippen LogP contribution in [0.15, 0.2) is 64.2 Å². The maximum absolute atomic E-state index is 14.5. The highest BCUT2D eigenvalue weighted by Crippen LogP contribution is 2.22. The fraction of sp³-hybridized carbons (Fsp3) is 0.304. The van der Waals surface area contributed by atoms with Crippen LogP contribution in [0.25, 0.3) is 11.1 Å². The van der Waals surface area contributed by atoms with Gasteiger partial charge in [-0.2, -0.15) is 0 Å². The molecule has 1 aromatic heterocycles. The van der Waals surface area contributed by atoms with Crippen LogP contribution in [0.2, 0.25) is 0 Å². The molecule has 3 aromatic rings. The second kappa shape index (κ2) is 8.57. The van der Waals surface area contributed by atoms with E-state index < -0.39 is 23.1 Å². The van der Waals surface area contributed by atoms with Crippen LogP contribution in [0.4, 0.5) is 4.39 Å². The van der Waals surface area contributed by atoms with Gasteiger partial charge in [0.1, 0.15) is 5.82 Å². The molecule has 0 unspecified atom stereocenters. The average molecular weight is 395 g/mol. The molecular weight excluding hydrogens is 369 g/mol. The highest BCUT2D eigenvalue weighted by molar-refractivity contribution is 5.65. The van der Waals surface area contributed by atoms with E-state index in [-0.39, 0.29) is 23.6 Å². The number of nitrogens with zero attached hydrogens (tertiary/aromatic N) is 2. The van der Waals surface area contributed by atoms with Gasteiger partial charge in [0, 0.05) is 23.8 Å². The summed E-state index contributed by atoms with van der Waals surface area (Å²) in [6.45, 7) is 6.10.